The van der Waals surface area contributed by atoms with Crippen LogP contribution in [0.3, 0.4) is 0 Å². The van der Waals surface area contributed by atoms with Crippen molar-refractivity contribution in [3.05, 3.63) is 39.6 Å². The topological polar surface area (TPSA) is 129 Å². The number of ether oxygens (including phenoxy) is 3. The maximum atomic E-state index is 11.6. The van der Waals surface area contributed by atoms with Gasteiger partial charge < -0.3 is 19.5 Å². The van der Waals surface area contributed by atoms with Gasteiger partial charge >= 0.3 is 6.03 Å². The van der Waals surface area contributed by atoms with E-state index >= 15 is 0 Å². The van der Waals surface area contributed by atoms with E-state index in [1.165, 1.54) is 24.3 Å². The summed E-state index contributed by atoms with van der Waals surface area (Å²) in [5, 5.41) is 15.6. The van der Waals surface area contributed by atoms with Crippen LogP contribution in [0.15, 0.2) is 23.9 Å². The number of urea groups is 1. The highest BCUT2D eigenvalue weighted by Crippen LogP contribution is 2.26. The molecule has 1 atom stereocenters. The van der Waals surface area contributed by atoms with Crippen LogP contribution >= 0.6 is 0 Å². The molecule has 2 heterocycles. The zero-order valence-corrected chi connectivity index (χ0v) is 15.1. The Hall–Kier alpha value is -2.98. The maximum Gasteiger partial charge on any atom is 0.326 e. The van der Waals surface area contributed by atoms with E-state index in [0.717, 1.165) is 25.9 Å². The molecule has 2 N–H and O–H groups in total. The largest absolute Gasteiger partial charge is 0.493 e. The number of rotatable bonds is 8. The molecule has 3 rings (SSSR count). The minimum absolute atomic E-state index is 0.0638. The zero-order chi connectivity index (χ0) is 19.9. The Balaban J connectivity index is 1.58. The summed E-state index contributed by atoms with van der Waals surface area (Å²) < 4.78 is 16.7. The summed E-state index contributed by atoms with van der Waals surface area (Å²) in [5.41, 5.74) is -0.112. The fourth-order valence-electron chi connectivity index (χ4n) is 2.85. The van der Waals surface area contributed by atoms with Crippen molar-refractivity contribution in [3.63, 3.8) is 0 Å². The fraction of sp³-hybridized carbons (Fsp3) is 0.444. The minimum Gasteiger partial charge on any atom is -0.493 e. The van der Waals surface area contributed by atoms with Gasteiger partial charge in [0.2, 0.25) is 0 Å². The summed E-state index contributed by atoms with van der Waals surface area (Å²) in [6.07, 6.45) is 4.78. The van der Waals surface area contributed by atoms with Crippen molar-refractivity contribution in [2.24, 2.45) is 0 Å². The molecular weight excluding hydrogens is 370 g/mol. The van der Waals surface area contributed by atoms with Gasteiger partial charge in [-0.1, -0.05) is 0 Å². The molecule has 0 bridgehead atoms. The second-order valence-corrected chi connectivity index (χ2v) is 6.31. The van der Waals surface area contributed by atoms with Crippen LogP contribution in [0.25, 0.3) is 6.08 Å². The van der Waals surface area contributed by atoms with Gasteiger partial charge in [-0.3, -0.25) is 20.2 Å². The maximum absolute atomic E-state index is 11.6. The Morgan fingerprint density at radius 3 is 2.79 bits per heavy atom. The van der Waals surface area contributed by atoms with Crippen LogP contribution in [0, 0.1) is 10.1 Å². The number of nitrogens with zero attached hydrogens (tertiary/aromatic N) is 1. The van der Waals surface area contributed by atoms with E-state index < -0.39 is 16.9 Å². The van der Waals surface area contributed by atoms with Crippen molar-refractivity contribution in [2.75, 3.05) is 19.8 Å². The van der Waals surface area contributed by atoms with E-state index in [2.05, 4.69) is 5.32 Å². The zero-order valence-electron chi connectivity index (χ0n) is 15.1. The molecule has 0 aromatic heterocycles. The lowest BCUT2D eigenvalue weighted by molar-refractivity contribution is -0.385. The molecule has 2 fully saturated rings. The molecule has 2 aliphatic heterocycles. The second kappa shape index (κ2) is 9.29. The number of hydrogen-bond acceptors (Lipinski definition) is 7. The molecule has 150 valence electrons. The summed E-state index contributed by atoms with van der Waals surface area (Å²) >= 11 is 0. The van der Waals surface area contributed by atoms with Crippen molar-refractivity contribution in [3.8, 4) is 5.75 Å². The van der Waals surface area contributed by atoms with Gasteiger partial charge in [0, 0.05) is 19.1 Å². The predicted octanol–water partition coefficient (Wildman–Crippen LogP) is 2.09. The van der Waals surface area contributed by atoms with Crippen LogP contribution < -0.4 is 15.4 Å². The summed E-state index contributed by atoms with van der Waals surface area (Å²) in [6, 6.07) is 3.56. The molecule has 28 heavy (non-hydrogen) atoms. The van der Waals surface area contributed by atoms with Crippen LogP contribution in [0.4, 0.5) is 10.5 Å². The molecule has 2 saturated heterocycles. The van der Waals surface area contributed by atoms with E-state index in [0.29, 0.717) is 25.4 Å². The van der Waals surface area contributed by atoms with Gasteiger partial charge in [0.25, 0.3) is 11.6 Å². The summed E-state index contributed by atoms with van der Waals surface area (Å²) in [6.45, 7) is 1.57. The smallest absolute Gasteiger partial charge is 0.326 e. The number of nitrogens with one attached hydrogen (secondary N) is 2. The van der Waals surface area contributed by atoms with Gasteiger partial charge in [0.05, 0.1) is 23.7 Å². The Bertz CT molecular complexity index is 787. The van der Waals surface area contributed by atoms with Gasteiger partial charge in [0.1, 0.15) is 11.4 Å². The third-order valence-electron chi connectivity index (χ3n) is 4.21. The number of carbonyl (C=O) groups is 2. The molecular formula is C18H21N3O7. The lowest BCUT2D eigenvalue weighted by Crippen LogP contribution is -2.23. The number of hydrogen-bond donors (Lipinski definition) is 2. The van der Waals surface area contributed by atoms with Gasteiger partial charge in [-0.15, -0.1) is 0 Å². The van der Waals surface area contributed by atoms with E-state index in [4.69, 9.17) is 14.2 Å². The average molecular weight is 391 g/mol. The van der Waals surface area contributed by atoms with Crippen molar-refractivity contribution < 1.29 is 28.7 Å². The molecule has 0 saturated carbocycles. The highest BCUT2D eigenvalue weighted by molar-refractivity contribution is 6.14. The predicted molar refractivity (Wildman–Crippen MR) is 97.4 cm³/mol. The van der Waals surface area contributed by atoms with Gasteiger partial charge in [0.15, 0.2) is 6.29 Å². The molecule has 10 nitrogen and oxygen atoms in total. The van der Waals surface area contributed by atoms with Gasteiger partial charge in [-0.05, 0) is 37.5 Å². The lowest BCUT2D eigenvalue weighted by atomic mass is 10.1. The average Bonchev–Trinajstić information content (AvgIpc) is 2.99. The Morgan fingerprint density at radius 2 is 2.11 bits per heavy atom. The summed E-state index contributed by atoms with van der Waals surface area (Å²) in [7, 11) is 0. The lowest BCUT2D eigenvalue weighted by Gasteiger charge is -2.22. The van der Waals surface area contributed by atoms with Crippen LogP contribution in [-0.2, 0) is 14.3 Å². The summed E-state index contributed by atoms with van der Waals surface area (Å²) in [4.78, 5) is 33.5. The normalized spacial score (nSPS) is 20.7. The van der Waals surface area contributed by atoms with Crippen LogP contribution in [-0.4, -0.2) is 43.0 Å². The van der Waals surface area contributed by atoms with Crippen molar-refractivity contribution in [2.45, 2.75) is 32.0 Å². The monoisotopic (exact) mass is 391 g/mol. The highest BCUT2D eigenvalue weighted by atomic mass is 16.7. The number of nitro groups is 1. The molecule has 1 unspecified atom stereocenters. The first-order chi connectivity index (χ1) is 13.5. The molecule has 0 spiro atoms. The van der Waals surface area contributed by atoms with E-state index in [-0.39, 0.29) is 23.2 Å². The Labute approximate surface area is 161 Å². The van der Waals surface area contributed by atoms with Crippen LogP contribution in [0.1, 0.15) is 31.2 Å². The molecule has 1 aromatic rings. The molecule has 1 aromatic carbocycles. The van der Waals surface area contributed by atoms with Crippen molar-refractivity contribution in [1.29, 1.82) is 0 Å². The van der Waals surface area contributed by atoms with Gasteiger partial charge in [-0.2, -0.15) is 0 Å². The first-order valence-corrected chi connectivity index (χ1v) is 9.01. The van der Waals surface area contributed by atoms with E-state index in [1.807, 2.05) is 5.32 Å². The van der Waals surface area contributed by atoms with E-state index in [9.17, 15) is 19.7 Å². The fourth-order valence-corrected chi connectivity index (χ4v) is 2.85. The Kier molecular flexibility index (Phi) is 6.56. The van der Waals surface area contributed by atoms with Crippen LogP contribution in [0.5, 0.6) is 5.75 Å². The number of amides is 3. The number of carbonyl (C=O) groups excluding carboxylic acids is 2. The molecule has 10 heteroatoms. The third kappa shape index (κ3) is 5.27. The SMILES string of the molecule is O=C1NC(=O)C(=Cc2cc(OCCCOC3CCCCO3)ccc2[N+](=O)[O-])N1. The first-order valence-electron chi connectivity index (χ1n) is 9.01. The quantitative estimate of drug-likeness (QED) is 0.228. The molecule has 0 radical (unpaired) electrons. The van der Waals surface area contributed by atoms with Crippen LogP contribution in [0.2, 0.25) is 0 Å². The molecule has 3 amide bonds. The molecule has 0 aliphatic carbocycles. The van der Waals surface area contributed by atoms with Gasteiger partial charge in [-0.25, -0.2) is 4.79 Å². The van der Waals surface area contributed by atoms with Crippen molar-refractivity contribution >= 4 is 23.7 Å². The first kappa shape index (κ1) is 19.8. The van der Waals surface area contributed by atoms with E-state index in [1.54, 1.807) is 0 Å². The third-order valence-corrected chi connectivity index (χ3v) is 4.21. The molecule has 2 aliphatic rings. The highest BCUT2D eigenvalue weighted by Gasteiger charge is 2.24. The minimum atomic E-state index is -0.673. The number of nitro benzene ring substituents is 1. The summed E-state index contributed by atoms with van der Waals surface area (Å²) in [5.74, 6) is -0.233. The van der Waals surface area contributed by atoms with Crippen molar-refractivity contribution in [1.82, 2.24) is 10.6 Å². The second-order valence-electron chi connectivity index (χ2n) is 6.31. The Morgan fingerprint density at radius 1 is 1.25 bits per heavy atom. The number of imide groups is 1. The number of benzene rings is 1. The standard InChI is InChI=1S/C18H21N3O7/c22-17-14(19-18(23)20-17)11-12-10-13(5-6-15(12)21(24)25)26-8-3-9-28-16-4-1-2-7-27-16/h5-6,10-11,16H,1-4,7-9H2,(H2,19,20,22,23).